The molecule has 0 aliphatic heterocycles. The van der Waals surface area contributed by atoms with Gasteiger partial charge >= 0.3 is 12.6 Å². The Balaban J connectivity index is 3.09. The molecule has 1 aromatic carbocycles. The van der Waals surface area contributed by atoms with Gasteiger partial charge in [-0.3, -0.25) is 0 Å². The van der Waals surface area contributed by atoms with Crippen molar-refractivity contribution < 1.29 is 27.8 Å². The van der Waals surface area contributed by atoms with E-state index >= 15 is 0 Å². The summed E-state index contributed by atoms with van der Waals surface area (Å²) in [5.74, 6) is -0.571. The molecule has 4 nitrogen and oxygen atoms in total. The van der Waals surface area contributed by atoms with Crippen molar-refractivity contribution in [3.8, 4) is 11.5 Å². The third-order valence-corrected chi connectivity index (χ3v) is 2.04. The lowest BCUT2D eigenvalue weighted by molar-refractivity contribution is -0.134. The van der Waals surface area contributed by atoms with Gasteiger partial charge in [-0.15, -0.1) is 0 Å². The normalized spacial score (nSPS) is 10.7. The fourth-order valence-corrected chi connectivity index (χ4v) is 1.27. The summed E-state index contributed by atoms with van der Waals surface area (Å²) < 4.78 is 38.3. The minimum Gasteiger partial charge on any atom is -0.493 e. The molecular formula is C12H12F2O4. The van der Waals surface area contributed by atoms with Crippen LogP contribution in [0.3, 0.4) is 0 Å². The highest BCUT2D eigenvalue weighted by Gasteiger charge is 2.13. The summed E-state index contributed by atoms with van der Waals surface area (Å²) in [5, 5.41) is 0. The zero-order valence-corrected chi connectivity index (χ0v) is 9.85. The van der Waals surface area contributed by atoms with Gasteiger partial charge in [0, 0.05) is 11.6 Å². The van der Waals surface area contributed by atoms with Crippen LogP contribution in [0, 0.1) is 0 Å². The van der Waals surface area contributed by atoms with Crippen molar-refractivity contribution in [2.75, 3.05) is 14.2 Å². The van der Waals surface area contributed by atoms with E-state index in [0.29, 0.717) is 5.56 Å². The molecule has 0 saturated heterocycles. The molecule has 0 unspecified atom stereocenters. The SMILES string of the molecule is COC(=O)/C=C/c1cccc(OC)c1OC(F)F. The molecule has 0 amide bonds. The predicted octanol–water partition coefficient (Wildman–Crippen LogP) is 2.48. The first kappa shape index (κ1) is 14.0. The standard InChI is InChI=1S/C12H12F2O4/c1-16-9-5-3-4-8(6-7-10(15)17-2)11(9)18-12(13)14/h3-7,12H,1-2H3/b7-6+. The molecule has 0 fully saturated rings. The van der Waals surface area contributed by atoms with Crippen LogP contribution in [0.2, 0.25) is 0 Å². The molecule has 0 atom stereocenters. The Bertz CT molecular complexity index is 444. The van der Waals surface area contributed by atoms with E-state index in [-0.39, 0.29) is 11.5 Å². The number of carbonyl (C=O) groups is 1. The summed E-state index contributed by atoms with van der Waals surface area (Å²) in [7, 11) is 2.55. The van der Waals surface area contributed by atoms with Crippen LogP contribution in [0.5, 0.6) is 11.5 Å². The lowest BCUT2D eigenvalue weighted by Crippen LogP contribution is -2.05. The molecule has 0 aliphatic carbocycles. The third-order valence-electron chi connectivity index (χ3n) is 2.04. The molecule has 18 heavy (non-hydrogen) atoms. The Kier molecular flexibility index (Phi) is 5.10. The van der Waals surface area contributed by atoms with Crippen molar-refractivity contribution in [3.63, 3.8) is 0 Å². The van der Waals surface area contributed by atoms with Crippen LogP contribution in [0.1, 0.15) is 5.56 Å². The van der Waals surface area contributed by atoms with Crippen molar-refractivity contribution in [1.82, 2.24) is 0 Å². The number of halogens is 2. The van der Waals surface area contributed by atoms with Gasteiger partial charge in [-0.05, 0) is 12.1 Å². The highest BCUT2D eigenvalue weighted by molar-refractivity contribution is 5.87. The average molecular weight is 258 g/mol. The number of para-hydroxylation sites is 1. The zero-order valence-electron chi connectivity index (χ0n) is 9.85. The highest BCUT2D eigenvalue weighted by Crippen LogP contribution is 2.33. The maximum Gasteiger partial charge on any atom is 0.387 e. The maximum absolute atomic E-state index is 12.3. The van der Waals surface area contributed by atoms with Gasteiger partial charge in [0.25, 0.3) is 0 Å². The molecule has 98 valence electrons. The van der Waals surface area contributed by atoms with E-state index in [0.717, 1.165) is 6.08 Å². The summed E-state index contributed by atoms with van der Waals surface area (Å²) in [6.07, 6.45) is 2.42. The minimum atomic E-state index is -2.98. The zero-order chi connectivity index (χ0) is 13.5. The summed E-state index contributed by atoms with van der Waals surface area (Å²) in [6.45, 7) is -2.98. The fraction of sp³-hybridized carbons (Fsp3) is 0.250. The van der Waals surface area contributed by atoms with Crippen LogP contribution in [-0.2, 0) is 9.53 Å². The summed E-state index contributed by atoms with van der Waals surface area (Å²) in [5.41, 5.74) is 0.292. The third kappa shape index (κ3) is 3.73. The molecule has 0 radical (unpaired) electrons. The predicted molar refractivity (Wildman–Crippen MR) is 60.7 cm³/mol. The Labute approximate surface area is 103 Å². The number of carbonyl (C=O) groups excluding carboxylic acids is 1. The monoisotopic (exact) mass is 258 g/mol. The lowest BCUT2D eigenvalue weighted by atomic mass is 10.1. The van der Waals surface area contributed by atoms with E-state index in [9.17, 15) is 13.6 Å². The second-order valence-corrected chi connectivity index (χ2v) is 3.11. The molecule has 0 heterocycles. The number of benzene rings is 1. The second-order valence-electron chi connectivity index (χ2n) is 3.11. The van der Waals surface area contributed by atoms with Gasteiger partial charge in [0.1, 0.15) is 0 Å². The van der Waals surface area contributed by atoms with E-state index in [1.54, 1.807) is 6.07 Å². The van der Waals surface area contributed by atoms with Crippen LogP contribution >= 0.6 is 0 Å². The van der Waals surface area contributed by atoms with Gasteiger partial charge in [-0.25, -0.2) is 4.79 Å². The van der Waals surface area contributed by atoms with E-state index < -0.39 is 12.6 Å². The number of methoxy groups -OCH3 is 2. The topological polar surface area (TPSA) is 44.8 Å². The Hall–Kier alpha value is -2.11. The van der Waals surface area contributed by atoms with Crippen LogP contribution in [0.15, 0.2) is 24.3 Å². The van der Waals surface area contributed by atoms with Gasteiger partial charge < -0.3 is 14.2 Å². The molecule has 1 rings (SSSR count). The van der Waals surface area contributed by atoms with Crippen LogP contribution in [-0.4, -0.2) is 26.8 Å². The van der Waals surface area contributed by atoms with Crippen molar-refractivity contribution >= 4 is 12.0 Å². The summed E-state index contributed by atoms with van der Waals surface area (Å²) in [4.78, 5) is 10.9. The first-order chi connectivity index (χ1) is 8.58. The second kappa shape index (κ2) is 6.58. The molecule has 0 saturated carbocycles. The smallest absolute Gasteiger partial charge is 0.387 e. The van der Waals surface area contributed by atoms with Crippen molar-refractivity contribution in [2.45, 2.75) is 6.61 Å². The minimum absolute atomic E-state index is 0.129. The van der Waals surface area contributed by atoms with Crippen LogP contribution < -0.4 is 9.47 Å². The molecule has 1 aromatic rings. The van der Waals surface area contributed by atoms with E-state index in [2.05, 4.69) is 9.47 Å². The summed E-state index contributed by atoms with van der Waals surface area (Å²) in [6, 6.07) is 4.58. The van der Waals surface area contributed by atoms with E-state index in [4.69, 9.17) is 4.74 Å². The number of esters is 1. The molecule has 0 aromatic heterocycles. The maximum atomic E-state index is 12.3. The molecule has 0 aliphatic rings. The quantitative estimate of drug-likeness (QED) is 0.601. The van der Waals surface area contributed by atoms with Crippen LogP contribution in [0.25, 0.3) is 6.08 Å². The number of rotatable bonds is 5. The molecule has 0 N–H and O–H groups in total. The van der Waals surface area contributed by atoms with Gasteiger partial charge in [-0.1, -0.05) is 12.1 Å². The van der Waals surface area contributed by atoms with Crippen LogP contribution in [0.4, 0.5) is 8.78 Å². The molecule has 0 spiro atoms. The van der Waals surface area contributed by atoms with Crippen molar-refractivity contribution in [3.05, 3.63) is 29.8 Å². The first-order valence-electron chi connectivity index (χ1n) is 4.96. The Morgan fingerprint density at radius 3 is 2.61 bits per heavy atom. The number of ether oxygens (including phenoxy) is 3. The lowest BCUT2D eigenvalue weighted by Gasteiger charge is -2.12. The number of hydrogen-bond donors (Lipinski definition) is 0. The number of alkyl halides is 2. The van der Waals surface area contributed by atoms with Gasteiger partial charge in [0.15, 0.2) is 11.5 Å². The first-order valence-corrected chi connectivity index (χ1v) is 4.96. The fourth-order valence-electron chi connectivity index (χ4n) is 1.27. The van der Waals surface area contributed by atoms with Crippen molar-refractivity contribution in [2.24, 2.45) is 0 Å². The average Bonchev–Trinajstić information content (AvgIpc) is 2.36. The summed E-state index contributed by atoms with van der Waals surface area (Å²) >= 11 is 0. The highest BCUT2D eigenvalue weighted by atomic mass is 19.3. The van der Waals surface area contributed by atoms with Gasteiger partial charge in [0.05, 0.1) is 14.2 Å². The van der Waals surface area contributed by atoms with E-state index in [1.807, 2.05) is 0 Å². The molecule has 0 bridgehead atoms. The van der Waals surface area contributed by atoms with Gasteiger partial charge in [-0.2, -0.15) is 8.78 Å². The molecule has 6 heteroatoms. The van der Waals surface area contributed by atoms with E-state index in [1.165, 1.54) is 32.4 Å². The molecular weight excluding hydrogens is 246 g/mol. The van der Waals surface area contributed by atoms with Gasteiger partial charge in [0.2, 0.25) is 0 Å². The Morgan fingerprint density at radius 1 is 1.33 bits per heavy atom. The number of hydrogen-bond acceptors (Lipinski definition) is 4. The Morgan fingerprint density at radius 2 is 2.06 bits per heavy atom. The largest absolute Gasteiger partial charge is 0.493 e. The van der Waals surface area contributed by atoms with Crippen molar-refractivity contribution in [1.29, 1.82) is 0 Å².